The van der Waals surface area contributed by atoms with Crippen LogP contribution < -0.4 is 14.5 Å². The van der Waals surface area contributed by atoms with Crippen LogP contribution >= 0.6 is 0 Å². The van der Waals surface area contributed by atoms with Crippen LogP contribution in [0.25, 0.3) is 10.8 Å². The van der Waals surface area contributed by atoms with E-state index < -0.39 is 6.10 Å². The van der Waals surface area contributed by atoms with Gasteiger partial charge in [-0.1, -0.05) is 62.7 Å². The highest BCUT2D eigenvalue weighted by Gasteiger charge is 2.34. The van der Waals surface area contributed by atoms with E-state index in [1.807, 2.05) is 48.5 Å². The fourth-order valence-corrected chi connectivity index (χ4v) is 5.90. The third kappa shape index (κ3) is 5.86. The van der Waals surface area contributed by atoms with Crippen molar-refractivity contribution in [3.8, 4) is 5.75 Å². The van der Waals surface area contributed by atoms with E-state index in [-0.39, 0.29) is 23.8 Å². The number of hydrogen-bond donors (Lipinski definition) is 3. The molecule has 2 aliphatic heterocycles. The molecule has 7 heteroatoms. The molecule has 2 heterocycles. The van der Waals surface area contributed by atoms with Crippen molar-refractivity contribution in [2.24, 2.45) is 0 Å². The number of aryl methyl sites for hydroxylation is 1. The number of quaternary nitrogens is 2. The fraction of sp³-hybridized carbons (Fsp3) is 0.438. The van der Waals surface area contributed by atoms with Crippen LogP contribution in [0.3, 0.4) is 0 Å². The lowest BCUT2D eigenvalue weighted by molar-refractivity contribution is -1.01. The Morgan fingerprint density at radius 2 is 1.54 bits per heavy atom. The molecule has 0 bridgehead atoms. The lowest BCUT2D eigenvalue weighted by Crippen LogP contribution is -3.28. The molecule has 39 heavy (non-hydrogen) atoms. The van der Waals surface area contributed by atoms with E-state index in [9.17, 15) is 14.7 Å². The lowest BCUT2D eigenvalue weighted by Gasteiger charge is -2.33. The molecule has 2 amide bonds. The first-order valence-corrected chi connectivity index (χ1v) is 14.1. The number of ether oxygens (including phenoxy) is 1. The van der Waals surface area contributed by atoms with E-state index in [1.165, 1.54) is 20.3 Å². The maximum Gasteiger partial charge on any atom is 0.261 e. The molecule has 3 aromatic rings. The maximum absolute atomic E-state index is 13.2. The van der Waals surface area contributed by atoms with E-state index >= 15 is 0 Å². The van der Waals surface area contributed by atoms with Gasteiger partial charge in [0, 0.05) is 16.5 Å². The van der Waals surface area contributed by atoms with Gasteiger partial charge in [0.25, 0.3) is 11.8 Å². The largest absolute Gasteiger partial charge is 0.490 e. The van der Waals surface area contributed by atoms with Gasteiger partial charge in [-0.25, -0.2) is 0 Å². The van der Waals surface area contributed by atoms with Gasteiger partial charge in [-0.05, 0) is 41.5 Å². The minimum Gasteiger partial charge on any atom is -0.490 e. The van der Waals surface area contributed by atoms with Crippen molar-refractivity contribution >= 4 is 22.6 Å². The SMILES string of the molecule is Cc1ccc(OC[C@H](O)C[NH+]2CC[NH+](CCN3C(=O)c4cccc5cccc(c45)C3=O)CC2)c(C(C)(C)C)c1. The number of aliphatic hydroxyl groups excluding tert-OH is 1. The highest BCUT2D eigenvalue weighted by Crippen LogP contribution is 2.32. The van der Waals surface area contributed by atoms with Crippen molar-refractivity contribution in [1.29, 1.82) is 0 Å². The second-order valence-corrected chi connectivity index (χ2v) is 12.1. The molecule has 0 saturated carbocycles. The van der Waals surface area contributed by atoms with Gasteiger partial charge in [0.2, 0.25) is 0 Å². The summed E-state index contributed by atoms with van der Waals surface area (Å²) in [6.45, 7) is 14.4. The zero-order valence-electron chi connectivity index (χ0n) is 23.5. The first kappa shape index (κ1) is 27.3. The van der Waals surface area contributed by atoms with Gasteiger partial charge in [0.05, 0.1) is 13.1 Å². The molecule has 0 unspecified atom stereocenters. The van der Waals surface area contributed by atoms with Crippen molar-refractivity contribution in [3.63, 3.8) is 0 Å². The summed E-state index contributed by atoms with van der Waals surface area (Å²) in [5, 5.41) is 12.4. The van der Waals surface area contributed by atoms with Crippen molar-refractivity contribution in [3.05, 3.63) is 76.9 Å². The number of nitrogens with zero attached hydrogens (tertiary/aromatic N) is 1. The maximum atomic E-state index is 13.2. The van der Waals surface area contributed by atoms with E-state index in [4.69, 9.17) is 4.74 Å². The summed E-state index contributed by atoms with van der Waals surface area (Å²) < 4.78 is 6.08. The summed E-state index contributed by atoms with van der Waals surface area (Å²) in [6.07, 6.45) is -0.540. The Morgan fingerprint density at radius 3 is 2.15 bits per heavy atom. The third-order valence-electron chi connectivity index (χ3n) is 8.11. The topological polar surface area (TPSA) is 75.7 Å². The first-order chi connectivity index (χ1) is 18.6. The van der Waals surface area contributed by atoms with Gasteiger partial charge < -0.3 is 19.6 Å². The zero-order valence-corrected chi connectivity index (χ0v) is 23.5. The molecule has 2 aliphatic rings. The number of carbonyl (C=O) groups is 2. The number of benzene rings is 3. The molecule has 0 aromatic heterocycles. The average Bonchev–Trinajstić information content (AvgIpc) is 2.91. The number of aliphatic hydroxyl groups is 1. The Kier molecular flexibility index (Phi) is 7.76. The Balaban J connectivity index is 1.10. The van der Waals surface area contributed by atoms with Crippen LogP contribution in [0.5, 0.6) is 5.75 Å². The van der Waals surface area contributed by atoms with Crippen molar-refractivity contribution in [2.45, 2.75) is 39.2 Å². The van der Waals surface area contributed by atoms with Crippen LogP contribution in [0.1, 0.15) is 52.6 Å². The molecule has 7 nitrogen and oxygen atoms in total. The second kappa shape index (κ2) is 11.1. The molecule has 5 rings (SSSR count). The summed E-state index contributed by atoms with van der Waals surface area (Å²) in [6, 6.07) is 17.5. The molecular weight excluding hydrogens is 490 g/mol. The molecule has 3 N–H and O–H groups in total. The highest BCUT2D eigenvalue weighted by atomic mass is 16.5. The van der Waals surface area contributed by atoms with Crippen LogP contribution in [0, 0.1) is 6.92 Å². The fourth-order valence-electron chi connectivity index (χ4n) is 5.90. The minimum atomic E-state index is -0.540. The van der Waals surface area contributed by atoms with E-state index in [0.717, 1.165) is 54.8 Å². The molecule has 1 saturated heterocycles. The first-order valence-electron chi connectivity index (χ1n) is 14.1. The molecule has 0 radical (unpaired) electrons. The summed E-state index contributed by atoms with van der Waals surface area (Å²) in [5.74, 6) is 0.454. The summed E-state index contributed by atoms with van der Waals surface area (Å²) in [5.41, 5.74) is 3.56. The quantitative estimate of drug-likeness (QED) is 0.383. The molecular formula is C32H41N3O4+2. The van der Waals surface area contributed by atoms with E-state index in [2.05, 4.69) is 33.8 Å². The molecule has 0 aliphatic carbocycles. The molecule has 0 spiro atoms. The molecule has 1 fully saturated rings. The monoisotopic (exact) mass is 531 g/mol. The van der Waals surface area contributed by atoms with Gasteiger partial charge in [-0.3, -0.25) is 14.5 Å². The molecule has 206 valence electrons. The number of hydrogen-bond acceptors (Lipinski definition) is 4. The summed E-state index contributed by atoms with van der Waals surface area (Å²) in [4.78, 5) is 30.5. The van der Waals surface area contributed by atoms with E-state index in [0.29, 0.717) is 24.2 Å². The predicted molar refractivity (Wildman–Crippen MR) is 152 cm³/mol. The molecule has 1 atom stereocenters. The smallest absolute Gasteiger partial charge is 0.261 e. The minimum absolute atomic E-state index is 0.0309. The standard InChI is InChI=1S/C32H39N3O4/c1-22-11-12-28(27(19-22)32(2,3)4)39-21-24(36)20-34-15-13-33(14-16-34)17-18-35-30(37)25-9-5-7-23-8-6-10-26(29(23)25)31(35)38/h5-12,19,24,36H,13-18,20-21H2,1-4H3/p+2/t24-/m1/s1. The molecule has 3 aromatic carbocycles. The van der Waals surface area contributed by atoms with Crippen LogP contribution in [-0.4, -0.2) is 80.3 Å². The Labute approximate surface area is 231 Å². The van der Waals surface area contributed by atoms with Crippen LogP contribution in [0.4, 0.5) is 0 Å². The normalized spacial score (nSPS) is 20.4. The zero-order chi connectivity index (χ0) is 27.7. The van der Waals surface area contributed by atoms with E-state index in [1.54, 1.807) is 0 Å². The van der Waals surface area contributed by atoms with Gasteiger partial charge in [0.1, 0.15) is 51.2 Å². The van der Waals surface area contributed by atoms with Gasteiger partial charge in [-0.15, -0.1) is 0 Å². The number of piperazine rings is 1. The van der Waals surface area contributed by atoms with Crippen LogP contribution in [0.15, 0.2) is 54.6 Å². The summed E-state index contributed by atoms with van der Waals surface area (Å²) >= 11 is 0. The lowest BCUT2D eigenvalue weighted by atomic mass is 9.85. The predicted octanol–water partition coefficient (Wildman–Crippen LogP) is 1.27. The van der Waals surface area contributed by atoms with Crippen molar-refractivity contribution in [2.75, 3.05) is 52.4 Å². The second-order valence-electron chi connectivity index (χ2n) is 12.1. The highest BCUT2D eigenvalue weighted by molar-refractivity contribution is 6.25. The van der Waals surface area contributed by atoms with Crippen LogP contribution in [0.2, 0.25) is 0 Å². The number of carbonyl (C=O) groups excluding carboxylic acids is 2. The van der Waals surface area contributed by atoms with Gasteiger partial charge in [0.15, 0.2) is 0 Å². The Morgan fingerprint density at radius 1 is 0.923 bits per heavy atom. The average molecular weight is 532 g/mol. The summed E-state index contributed by atoms with van der Waals surface area (Å²) in [7, 11) is 0. The van der Waals surface area contributed by atoms with Crippen molar-refractivity contribution in [1.82, 2.24) is 4.90 Å². The Bertz CT molecular complexity index is 1320. The number of amides is 2. The van der Waals surface area contributed by atoms with Crippen molar-refractivity contribution < 1.29 is 29.2 Å². The number of nitrogens with one attached hydrogen (secondary N) is 2. The van der Waals surface area contributed by atoms with Crippen LogP contribution in [-0.2, 0) is 5.41 Å². The number of rotatable bonds is 8. The number of imide groups is 1. The van der Waals surface area contributed by atoms with Gasteiger partial charge in [-0.2, -0.15) is 0 Å². The van der Waals surface area contributed by atoms with Gasteiger partial charge >= 0.3 is 0 Å². The Hall–Kier alpha value is -3.26. The third-order valence-corrected chi connectivity index (χ3v) is 8.11.